The maximum Gasteiger partial charge on any atom is 0.318 e. The summed E-state index contributed by atoms with van der Waals surface area (Å²) < 4.78 is 5.77. The van der Waals surface area contributed by atoms with Gasteiger partial charge in [0.15, 0.2) is 5.58 Å². The number of rotatable bonds is 2. The summed E-state index contributed by atoms with van der Waals surface area (Å²) in [4.78, 5) is 26.5. The first-order valence-corrected chi connectivity index (χ1v) is 9.27. The highest BCUT2D eigenvalue weighted by molar-refractivity contribution is 5.75. The van der Waals surface area contributed by atoms with Crippen molar-refractivity contribution in [2.75, 3.05) is 6.54 Å². The summed E-state index contributed by atoms with van der Waals surface area (Å²) in [5, 5.41) is 2.91. The standard InChI is InChI=1S/C20H25N5O2/c1-12-22-14-7-8-25(11-16(14)23-12)19(26)21-10-18-24-15-9-13(20(2,3)4)5-6-17(15)27-18/h5-6,9H,7-8,10-11H2,1-4H3,(H,21,26)(H,22,23). The molecule has 0 radical (unpaired) electrons. The summed E-state index contributed by atoms with van der Waals surface area (Å²) in [6.07, 6.45) is 0.769. The Labute approximate surface area is 158 Å². The van der Waals surface area contributed by atoms with Gasteiger partial charge >= 0.3 is 6.03 Å². The Balaban J connectivity index is 1.42. The minimum absolute atomic E-state index is 0.0552. The van der Waals surface area contributed by atoms with Crippen LogP contribution in [0.5, 0.6) is 0 Å². The van der Waals surface area contributed by atoms with Crippen molar-refractivity contribution < 1.29 is 9.21 Å². The molecule has 1 aromatic carbocycles. The van der Waals surface area contributed by atoms with Crippen LogP contribution in [-0.2, 0) is 24.9 Å². The first-order chi connectivity index (χ1) is 12.8. The number of oxazole rings is 1. The molecule has 0 unspecified atom stereocenters. The van der Waals surface area contributed by atoms with Crippen molar-refractivity contribution in [1.82, 2.24) is 25.2 Å². The van der Waals surface area contributed by atoms with Crippen molar-refractivity contribution in [3.05, 3.63) is 46.9 Å². The van der Waals surface area contributed by atoms with Crippen LogP contribution in [0.3, 0.4) is 0 Å². The number of urea groups is 1. The molecule has 2 N–H and O–H groups in total. The number of carbonyl (C=O) groups is 1. The number of benzene rings is 1. The molecule has 0 saturated carbocycles. The van der Waals surface area contributed by atoms with Gasteiger partial charge in [-0.15, -0.1) is 0 Å². The number of nitrogens with one attached hydrogen (secondary N) is 2. The quantitative estimate of drug-likeness (QED) is 0.726. The maximum atomic E-state index is 12.5. The molecular formula is C20H25N5O2. The van der Waals surface area contributed by atoms with Crippen LogP contribution < -0.4 is 5.32 Å². The summed E-state index contributed by atoms with van der Waals surface area (Å²) in [6, 6.07) is 5.94. The fraction of sp³-hybridized carbons (Fsp3) is 0.450. The lowest BCUT2D eigenvalue weighted by atomic mass is 9.87. The second-order valence-electron chi connectivity index (χ2n) is 8.12. The van der Waals surface area contributed by atoms with Crippen LogP contribution in [0.25, 0.3) is 11.1 Å². The highest BCUT2D eigenvalue weighted by Gasteiger charge is 2.23. The van der Waals surface area contributed by atoms with Crippen molar-refractivity contribution in [1.29, 1.82) is 0 Å². The number of aryl methyl sites for hydroxylation is 1. The van der Waals surface area contributed by atoms with Gasteiger partial charge in [0.25, 0.3) is 0 Å². The molecular weight excluding hydrogens is 342 g/mol. The van der Waals surface area contributed by atoms with E-state index in [1.165, 1.54) is 5.56 Å². The molecule has 27 heavy (non-hydrogen) atoms. The lowest BCUT2D eigenvalue weighted by Crippen LogP contribution is -2.42. The lowest BCUT2D eigenvalue weighted by molar-refractivity contribution is 0.190. The minimum Gasteiger partial charge on any atom is -0.439 e. The number of H-pyrrole nitrogens is 1. The molecule has 2 aromatic heterocycles. The monoisotopic (exact) mass is 367 g/mol. The zero-order chi connectivity index (χ0) is 19.2. The van der Waals surface area contributed by atoms with Gasteiger partial charge in [-0.1, -0.05) is 26.8 Å². The smallest absolute Gasteiger partial charge is 0.318 e. The predicted octanol–water partition coefficient (Wildman–Crippen LogP) is 3.42. The lowest BCUT2D eigenvalue weighted by Gasteiger charge is -2.26. The Bertz CT molecular complexity index is 996. The van der Waals surface area contributed by atoms with E-state index in [1.807, 2.05) is 13.0 Å². The van der Waals surface area contributed by atoms with Crippen LogP contribution in [-0.4, -0.2) is 32.4 Å². The Morgan fingerprint density at radius 3 is 2.93 bits per heavy atom. The summed E-state index contributed by atoms with van der Waals surface area (Å²) in [6.45, 7) is 9.91. The third-order valence-corrected chi connectivity index (χ3v) is 4.93. The van der Waals surface area contributed by atoms with Gasteiger partial charge in [0.05, 0.1) is 24.5 Å². The Kier molecular flexibility index (Phi) is 4.17. The van der Waals surface area contributed by atoms with Gasteiger partial charge in [0.2, 0.25) is 5.89 Å². The molecule has 7 nitrogen and oxygen atoms in total. The molecule has 3 aromatic rings. The molecule has 2 amide bonds. The molecule has 0 fully saturated rings. The van der Waals surface area contributed by atoms with Crippen molar-refractivity contribution in [2.45, 2.75) is 52.6 Å². The van der Waals surface area contributed by atoms with E-state index in [0.29, 0.717) is 19.0 Å². The number of aromatic nitrogens is 3. The summed E-state index contributed by atoms with van der Waals surface area (Å²) in [5.41, 5.74) is 4.90. The predicted molar refractivity (Wildman–Crippen MR) is 102 cm³/mol. The molecule has 3 heterocycles. The number of nitrogens with zero attached hydrogens (tertiary/aromatic N) is 3. The summed E-state index contributed by atoms with van der Waals surface area (Å²) in [5.74, 6) is 1.41. The second kappa shape index (κ2) is 6.40. The number of imidazole rings is 1. The van der Waals surface area contributed by atoms with Gasteiger partial charge in [0.1, 0.15) is 11.3 Å². The van der Waals surface area contributed by atoms with Gasteiger partial charge in [-0.3, -0.25) is 0 Å². The molecule has 0 bridgehead atoms. The van der Waals surface area contributed by atoms with Crippen molar-refractivity contribution in [3.63, 3.8) is 0 Å². The van der Waals surface area contributed by atoms with Gasteiger partial charge in [0, 0.05) is 13.0 Å². The molecule has 0 atom stereocenters. The van der Waals surface area contributed by atoms with Crippen LogP contribution in [0.4, 0.5) is 4.79 Å². The highest BCUT2D eigenvalue weighted by atomic mass is 16.3. The molecule has 142 valence electrons. The van der Waals surface area contributed by atoms with Crippen LogP contribution >= 0.6 is 0 Å². The number of aromatic amines is 1. The average molecular weight is 367 g/mol. The van der Waals surface area contributed by atoms with E-state index in [-0.39, 0.29) is 18.0 Å². The van der Waals surface area contributed by atoms with Crippen molar-refractivity contribution in [2.24, 2.45) is 0 Å². The summed E-state index contributed by atoms with van der Waals surface area (Å²) in [7, 11) is 0. The molecule has 1 aliphatic heterocycles. The average Bonchev–Trinajstić information content (AvgIpc) is 3.18. The number of fused-ring (bicyclic) bond motifs is 2. The van der Waals surface area contributed by atoms with E-state index in [1.54, 1.807) is 4.90 Å². The van der Waals surface area contributed by atoms with Gasteiger partial charge < -0.3 is 19.6 Å². The molecule has 1 aliphatic rings. The van der Waals surface area contributed by atoms with E-state index in [4.69, 9.17) is 4.42 Å². The number of carbonyl (C=O) groups excluding carboxylic acids is 1. The molecule has 0 spiro atoms. The van der Waals surface area contributed by atoms with Gasteiger partial charge in [-0.25, -0.2) is 14.8 Å². The summed E-state index contributed by atoms with van der Waals surface area (Å²) >= 11 is 0. The van der Waals surface area contributed by atoms with E-state index in [9.17, 15) is 4.79 Å². The van der Waals surface area contributed by atoms with Gasteiger partial charge in [-0.2, -0.15) is 0 Å². The first kappa shape index (κ1) is 17.6. The topological polar surface area (TPSA) is 87.0 Å². The van der Waals surface area contributed by atoms with Gasteiger partial charge in [-0.05, 0) is 30.0 Å². The van der Waals surface area contributed by atoms with Crippen LogP contribution in [0.2, 0.25) is 0 Å². The van der Waals surface area contributed by atoms with Crippen LogP contribution in [0, 0.1) is 6.92 Å². The normalized spacial score (nSPS) is 14.4. The fourth-order valence-electron chi connectivity index (χ4n) is 3.39. The Hall–Kier alpha value is -2.83. The van der Waals surface area contributed by atoms with Crippen LogP contribution in [0.1, 0.15) is 49.4 Å². The maximum absolute atomic E-state index is 12.5. The van der Waals surface area contributed by atoms with Crippen molar-refractivity contribution >= 4 is 17.1 Å². The Morgan fingerprint density at radius 2 is 2.15 bits per heavy atom. The largest absolute Gasteiger partial charge is 0.439 e. The molecule has 7 heteroatoms. The second-order valence-corrected chi connectivity index (χ2v) is 8.12. The number of hydrogen-bond acceptors (Lipinski definition) is 4. The SMILES string of the molecule is Cc1nc2c([nH]1)CN(C(=O)NCc1nc3cc(C(C)(C)C)ccc3o1)CC2. The van der Waals surface area contributed by atoms with E-state index in [2.05, 4.69) is 53.2 Å². The molecule has 0 aliphatic carbocycles. The minimum atomic E-state index is -0.120. The van der Waals surface area contributed by atoms with E-state index < -0.39 is 0 Å². The first-order valence-electron chi connectivity index (χ1n) is 9.27. The molecule has 0 saturated heterocycles. The zero-order valence-corrected chi connectivity index (χ0v) is 16.2. The third kappa shape index (κ3) is 3.54. The highest BCUT2D eigenvalue weighted by Crippen LogP contribution is 2.26. The number of hydrogen-bond donors (Lipinski definition) is 2. The van der Waals surface area contributed by atoms with E-state index in [0.717, 1.165) is 34.7 Å². The van der Waals surface area contributed by atoms with Crippen LogP contribution in [0.15, 0.2) is 22.6 Å². The van der Waals surface area contributed by atoms with Crippen molar-refractivity contribution in [3.8, 4) is 0 Å². The molecule has 4 rings (SSSR count). The number of amides is 2. The van der Waals surface area contributed by atoms with E-state index >= 15 is 0 Å². The Morgan fingerprint density at radius 1 is 1.33 bits per heavy atom. The third-order valence-electron chi connectivity index (χ3n) is 4.93. The fourth-order valence-corrected chi connectivity index (χ4v) is 3.39. The zero-order valence-electron chi connectivity index (χ0n) is 16.2.